The fraction of sp³-hybridized carbons (Fsp3) is 0.179. The van der Waals surface area contributed by atoms with E-state index in [-0.39, 0.29) is 11.1 Å². The molecule has 3 heterocycles. The van der Waals surface area contributed by atoms with Crippen LogP contribution in [0.25, 0.3) is 21.8 Å². The highest BCUT2D eigenvalue weighted by atomic mass is 16.5. The van der Waals surface area contributed by atoms with Crippen molar-refractivity contribution in [2.24, 2.45) is 0 Å². The van der Waals surface area contributed by atoms with Crippen LogP contribution in [0, 0.1) is 0 Å². The molecule has 0 saturated carbocycles. The largest absolute Gasteiger partial charge is 0.493 e. The molecular weight excluding hydrogens is 442 g/mol. The number of methoxy groups -OCH3 is 2. The third kappa shape index (κ3) is 4.40. The third-order valence-electron chi connectivity index (χ3n) is 6.17. The van der Waals surface area contributed by atoms with E-state index in [0.717, 1.165) is 11.1 Å². The first kappa shape index (κ1) is 22.4. The van der Waals surface area contributed by atoms with E-state index in [2.05, 4.69) is 4.98 Å². The van der Waals surface area contributed by atoms with Gasteiger partial charge in [-0.3, -0.25) is 9.59 Å². The van der Waals surface area contributed by atoms with Gasteiger partial charge in [0.25, 0.3) is 11.1 Å². The Kier molecular flexibility index (Phi) is 6.06. The van der Waals surface area contributed by atoms with Crippen molar-refractivity contribution in [2.45, 2.75) is 19.5 Å². The Labute approximate surface area is 201 Å². The van der Waals surface area contributed by atoms with Crippen LogP contribution in [0.3, 0.4) is 0 Å². The lowest BCUT2D eigenvalue weighted by Crippen LogP contribution is -2.23. The van der Waals surface area contributed by atoms with Gasteiger partial charge in [-0.1, -0.05) is 36.4 Å². The summed E-state index contributed by atoms with van der Waals surface area (Å²) in [5, 5.41) is 0.868. The van der Waals surface area contributed by atoms with Crippen LogP contribution in [-0.4, -0.2) is 28.3 Å². The minimum Gasteiger partial charge on any atom is -0.493 e. The van der Waals surface area contributed by atoms with Crippen molar-refractivity contribution in [3.8, 4) is 11.5 Å². The van der Waals surface area contributed by atoms with Crippen LogP contribution in [0.2, 0.25) is 0 Å². The minimum absolute atomic E-state index is 0.166. The first-order valence-corrected chi connectivity index (χ1v) is 11.4. The summed E-state index contributed by atoms with van der Waals surface area (Å²) in [5.41, 5.74) is 2.87. The van der Waals surface area contributed by atoms with Gasteiger partial charge in [-0.25, -0.2) is 4.98 Å². The smallest absolute Gasteiger partial charge is 0.260 e. The van der Waals surface area contributed by atoms with E-state index in [0.29, 0.717) is 52.8 Å². The highest BCUT2D eigenvalue weighted by Crippen LogP contribution is 2.27. The first-order chi connectivity index (χ1) is 17.1. The fourth-order valence-corrected chi connectivity index (χ4v) is 4.27. The van der Waals surface area contributed by atoms with Crippen LogP contribution in [0.1, 0.15) is 11.1 Å². The Morgan fingerprint density at radius 2 is 1.37 bits per heavy atom. The second kappa shape index (κ2) is 9.46. The predicted octanol–water partition coefficient (Wildman–Crippen LogP) is 4.02. The standard InChI is InChI=1S/C28H25N3O4/c1-34-25-9-8-19(16-26(25)35-2)10-13-30-14-11-23-21(27(30)32)17-22-24(29-23)12-15-31(28(22)33)18-20-6-4-3-5-7-20/h3-9,11-12,14-17H,10,13,18H2,1-2H3. The van der Waals surface area contributed by atoms with Crippen molar-refractivity contribution in [2.75, 3.05) is 14.2 Å². The lowest BCUT2D eigenvalue weighted by molar-refractivity contribution is 0.354. The zero-order chi connectivity index (χ0) is 24.4. The van der Waals surface area contributed by atoms with Gasteiger partial charge in [0.2, 0.25) is 0 Å². The monoisotopic (exact) mass is 467 g/mol. The molecule has 35 heavy (non-hydrogen) atoms. The number of benzene rings is 2. The van der Waals surface area contributed by atoms with Gasteiger partial charge in [0.05, 0.1) is 42.6 Å². The number of aryl methyl sites for hydroxylation is 2. The number of aromatic nitrogens is 3. The highest BCUT2D eigenvalue weighted by molar-refractivity contribution is 5.91. The molecule has 0 aliphatic rings. The second-order valence-corrected chi connectivity index (χ2v) is 8.34. The topological polar surface area (TPSA) is 75.4 Å². The molecule has 7 nitrogen and oxygen atoms in total. The van der Waals surface area contributed by atoms with Crippen molar-refractivity contribution in [1.29, 1.82) is 0 Å². The van der Waals surface area contributed by atoms with Crippen molar-refractivity contribution < 1.29 is 9.47 Å². The quantitative estimate of drug-likeness (QED) is 0.338. The molecule has 5 rings (SSSR count). The Morgan fingerprint density at radius 3 is 2.06 bits per heavy atom. The van der Waals surface area contributed by atoms with Gasteiger partial charge >= 0.3 is 0 Å². The van der Waals surface area contributed by atoms with Gasteiger partial charge < -0.3 is 18.6 Å². The van der Waals surface area contributed by atoms with Gasteiger partial charge in [-0.05, 0) is 47.9 Å². The maximum absolute atomic E-state index is 13.3. The molecule has 5 aromatic rings. The summed E-state index contributed by atoms with van der Waals surface area (Å²) < 4.78 is 14.0. The molecule has 0 amide bonds. The summed E-state index contributed by atoms with van der Waals surface area (Å²) >= 11 is 0. The molecule has 0 N–H and O–H groups in total. The summed E-state index contributed by atoms with van der Waals surface area (Å²) in [6.45, 7) is 0.938. The van der Waals surface area contributed by atoms with Gasteiger partial charge in [0.15, 0.2) is 11.5 Å². The van der Waals surface area contributed by atoms with E-state index in [4.69, 9.17) is 9.47 Å². The lowest BCUT2D eigenvalue weighted by Gasteiger charge is -2.11. The molecule has 0 unspecified atom stereocenters. The molecule has 0 aliphatic carbocycles. The second-order valence-electron chi connectivity index (χ2n) is 8.34. The summed E-state index contributed by atoms with van der Waals surface area (Å²) in [7, 11) is 3.20. The molecule has 0 fully saturated rings. The summed E-state index contributed by atoms with van der Waals surface area (Å²) in [5.74, 6) is 1.31. The van der Waals surface area contributed by atoms with E-state index in [9.17, 15) is 9.59 Å². The van der Waals surface area contributed by atoms with Crippen LogP contribution in [0.15, 0.2) is 88.7 Å². The lowest BCUT2D eigenvalue weighted by atomic mass is 10.1. The molecule has 0 saturated heterocycles. The van der Waals surface area contributed by atoms with Crippen LogP contribution >= 0.6 is 0 Å². The maximum atomic E-state index is 13.3. The zero-order valence-electron chi connectivity index (χ0n) is 19.6. The van der Waals surface area contributed by atoms with E-state index < -0.39 is 0 Å². The normalized spacial score (nSPS) is 11.1. The Balaban J connectivity index is 1.48. The highest BCUT2D eigenvalue weighted by Gasteiger charge is 2.11. The number of ether oxygens (including phenoxy) is 2. The molecule has 0 bridgehead atoms. The first-order valence-electron chi connectivity index (χ1n) is 11.4. The van der Waals surface area contributed by atoms with Gasteiger partial charge in [-0.2, -0.15) is 0 Å². The fourth-order valence-electron chi connectivity index (χ4n) is 4.27. The summed E-state index contributed by atoms with van der Waals surface area (Å²) in [6, 6.07) is 20.8. The van der Waals surface area contributed by atoms with Crippen molar-refractivity contribution >= 4 is 21.8 Å². The van der Waals surface area contributed by atoms with Crippen LogP contribution in [0.5, 0.6) is 11.5 Å². The van der Waals surface area contributed by atoms with E-state index in [1.165, 1.54) is 0 Å². The number of rotatable bonds is 7. The number of fused-ring (bicyclic) bond motifs is 2. The van der Waals surface area contributed by atoms with E-state index in [1.807, 2.05) is 60.7 Å². The zero-order valence-corrected chi connectivity index (χ0v) is 19.6. The van der Waals surface area contributed by atoms with Gasteiger partial charge in [0, 0.05) is 18.9 Å². The average Bonchev–Trinajstić information content (AvgIpc) is 2.90. The summed E-state index contributed by atoms with van der Waals surface area (Å²) in [6.07, 6.45) is 4.14. The third-order valence-corrected chi connectivity index (χ3v) is 6.17. The van der Waals surface area contributed by atoms with Gasteiger partial charge in [0.1, 0.15) is 0 Å². The molecule has 0 spiro atoms. The molecule has 7 heteroatoms. The molecule has 0 aliphatic heterocycles. The predicted molar refractivity (Wildman–Crippen MR) is 137 cm³/mol. The van der Waals surface area contributed by atoms with E-state index in [1.54, 1.807) is 41.8 Å². The number of hydrogen-bond acceptors (Lipinski definition) is 5. The van der Waals surface area contributed by atoms with Crippen molar-refractivity contribution in [3.63, 3.8) is 0 Å². The van der Waals surface area contributed by atoms with Crippen LogP contribution in [0.4, 0.5) is 0 Å². The maximum Gasteiger partial charge on any atom is 0.260 e. The molecule has 2 aromatic carbocycles. The van der Waals surface area contributed by atoms with Crippen LogP contribution < -0.4 is 20.6 Å². The number of hydrogen-bond donors (Lipinski definition) is 0. The molecule has 176 valence electrons. The molecule has 0 radical (unpaired) electrons. The van der Waals surface area contributed by atoms with E-state index >= 15 is 0 Å². The minimum atomic E-state index is -0.171. The number of pyridine rings is 3. The number of nitrogens with zero attached hydrogens (tertiary/aromatic N) is 3. The molecular formula is C28H25N3O4. The Hall–Kier alpha value is -4.39. The average molecular weight is 468 g/mol. The van der Waals surface area contributed by atoms with Gasteiger partial charge in [-0.15, -0.1) is 0 Å². The van der Waals surface area contributed by atoms with Crippen molar-refractivity contribution in [1.82, 2.24) is 14.1 Å². The van der Waals surface area contributed by atoms with Crippen molar-refractivity contribution in [3.05, 3.63) is 111 Å². The van der Waals surface area contributed by atoms with Crippen LogP contribution in [-0.2, 0) is 19.5 Å². The SMILES string of the molecule is COc1ccc(CCn2ccc3nc4ccn(Cc5ccccc5)c(=O)c4cc3c2=O)cc1OC. The Bertz CT molecular complexity index is 1640. The molecule has 0 atom stereocenters. The molecule has 3 aromatic heterocycles. The summed E-state index contributed by atoms with van der Waals surface area (Å²) in [4.78, 5) is 31.1. The Morgan fingerprint density at radius 1 is 0.714 bits per heavy atom.